The minimum absolute atomic E-state index is 0.0460. The number of Topliss-reactive ketones (excluding diaryl/α,β-unsaturated/α-hetero) is 1. The van der Waals surface area contributed by atoms with Gasteiger partial charge in [-0.2, -0.15) is 10.4 Å². The largest absolute Gasteiger partial charge is 0.293 e. The van der Waals surface area contributed by atoms with Crippen molar-refractivity contribution in [1.29, 1.82) is 5.26 Å². The van der Waals surface area contributed by atoms with E-state index in [0.29, 0.717) is 0 Å². The lowest BCUT2D eigenvalue weighted by atomic mass is 9.54. The Morgan fingerprint density at radius 1 is 1.10 bits per heavy atom. The molecule has 0 saturated carbocycles. The van der Waals surface area contributed by atoms with E-state index in [2.05, 4.69) is 35.4 Å². The predicted octanol–water partition coefficient (Wildman–Crippen LogP) is 4.59. The molecule has 3 atom stereocenters. The maximum atomic E-state index is 12.8. The Labute approximate surface area is 169 Å². The van der Waals surface area contributed by atoms with Gasteiger partial charge in [0.05, 0.1) is 22.4 Å². The second kappa shape index (κ2) is 6.56. The van der Waals surface area contributed by atoms with Gasteiger partial charge in [-0.05, 0) is 30.4 Å². The third kappa shape index (κ3) is 2.44. The van der Waals surface area contributed by atoms with Gasteiger partial charge in [-0.25, -0.2) is 0 Å². The van der Waals surface area contributed by atoms with Crippen LogP contribution < -0.4 is 0 Å². The molecule has 29 heavy (non-hydrogen) atoms. The Balaban J connectivity index is 1.82. The van der Waals surface area contributed by atoms with Gasteiger partial charge in [0.15, 0.2) is 5.78 Å². The molecule has 0 spiro atoms. The van der Waals surface area contributed by atoms with Crippen molar-refractivity contribution in [1.82, 2.24) is 10.2 Å². The van der Waals surface area contributed by atoms with Gasteiger partial charge in [0.1, 0.15) is 6.07 Å². The number of nitrogens with one attached hydrogen (secondary N) is 1. The van der Waals surface area contributed by atoms with E-state index in [9.17, 15) is 10.1 Å². The maximum Gasteiger partial charge on any atom is 0.176 e. The summed E-state index contributed by atoms with van der Waals surface area (Å²) in [5.41, 5.74) is 5.05. The van der Waals surface area contributed by atoms with Crippen molar-refractivity contribution in [3.8, 4) is 17.3 Å². The molecule has 0 saturated heterocycles. The van der Waals surface area contributed by atoms with Crippen molar-refractivity contribution in [2.75, 3.05) is 0 Å². The number of fused-ring (bicyclic) bond motifs is 3. The van der Waals surface area contributed by atoms with E-state index in [0.717, 1.165) is 35.4 Å². The van der Waals surface area contributed by atoms with Crippen molar-refractivity contribution < 1.29 is 4.79 Å². The number of hydrogen-bond acceptors (Lipinski definition) is 3. The number of carbonyl (C=O) groups excluding carboxylic acids is 1. The standard InChI is InChI=1S/C25H21N3O/c1-16-21-13-12-20-22(17-8-4-2-5-9-17)27-28-24(20)25(21,14-18(15-26)23(16)29)19-10-6-3-7-11-19/h2-11,14,16,21H,12-13H2,1H3,(H,27,28)/t16-,21-,25-/m0/s1. The summed E-state index contributed by atoms with van der Waals surface area (Å²) in [6.45, 7) is 1.97. The van der Waals surface area contributed by atoms with Crippen LogP contribution in [0.1, 0.15) is 30.2 Å². The molecule has 3 aromatic rings. The van der Waals surface area contributed by atoms with Crippen LogP contribution in [0, 0.1) is 23.2 Å². The fourth-order valence-corrected chi connectivity index (χ4v) is 5.29. The van der Waals surface area contributed by atoms with Crippen molar-refractivity contribution in [2.24, 2.45) is 11.8 Å². The smallest absolute Gasteiger partial charge is 0.176 e. The topological polar surface area (TPSA) is 69.5 Å². The van der Waals surface area contributed by atoms with E-state index in [4.69, 9.17) is 5.10 Å². The van der Waals surface area contributed by atoms with Gasteiger partial charge < -0.3 is 0 Å². The molecule has 2 aromatic carbocycles. The van der Waals surface area contributed by atoms with Crippen molar-refractivity contribution in [3.63, 3.8) is 0 Å². The Bertz CT molecular complexity index is 1150. The van der Waals surface area contributed by atoms with Crippen molar-refractivity contribution in [3.05, 3.63) is 89.1 Å². The molecule has 5 rings (SSSR count). The highest BCUT2D eigenvalue weighted by Crippen LogP contribution is 2.54. The number of rotatable bonds is 2. The lowest BCUT2D eigenvalue weighted by Gasteiger charge is -2.47. The van der Waals surface area contributed by atoms with Crippen LogP contribution in [0.2, 0.25) is 0 Å². The second-order valence-corrected chi connectivity index (χ2v) is 7.99. The summed E-state index contributed by atoms with van der Waals surface area (Å²) in [6, 6.07) is 22.6. The molecule has 1 aromatic heterocycles. The zero-order valence-electron chi connectivity index (χ0n) is 16.2. The second-order valence-electron chi connectivity index (χ2n) is 7.99. The van der Waals surface area contributed by atoms with Crippen LogP contribution in [0.3, 0.4) is 0 Å². The number of benzene rings is 2. The zero-order chi connectivity index (χ0) is 20.0. The number of aromatic amines is 1. The van der Waals surface area contributed by atoms with E-state index in [1.165, 1.54) is 5.56 Å². The van der Waals surface area contributed by atoms with E-state index in [1.807, 2.05) is 49.4 Å². The van der Waals surface area contributed by atoms with E-state index in [-0.39, 0.29) is 23.2 Å². The average Bonchev–Trinajstić information content (AvgIpc) is 3.22. The third-order valence-corrected chi connectivity index (χ3v) is 6.64. The summed E-state index contributed by atoms with van der Waals surface area (Å²) < 4.78 is 0. The molecule has 2 aliphatic rings. The molecular weight excluding hydrogens is 358 g/mol. The molecule has 0 bridgehead atoms. The molecule has 0 amide bonds. The van der Waals surface area contributed by atoms with Crippen LogP contribution >= 0.6 is 0 Å². The lowest BCUT2D eigenvalue weighted by Crippen LogP contribution is -2.48. The first-order valence-corrected chi connectivity index (χ1v) is 10.0. The summed E-state index contributed by atoms with van der Waals surface area (Å²) >= 11 is 0. The van der Waals surface area contributed by atoms with Crippen LogP contribution in [0.25, 0.3) is 11.3 Å². The Morgan fingerprint density at radius 2 is 1.79 bits per heavy atom. The molecule has 4 nitrogen and oxygen atoms in total. The first-order valence-electron chi connectivity index (χ1n) is 10.0. The van der Waals surface area contributed by atoms with Gasteiger partial charge >= 0.3 is 0 Å². The van der Waals surface area contributed by atoms with Crippen molar-refractivity contribution in [2.45, 2.75) is 25.2 Å². The predicted molar refractivity (Wildman–Crippen MR) is 111 cm³/mol. The fourth-order valence-electron chi connectivity index (χ4n) is 5.29. The highest BCUT2D eigenvalue weighted by molar-refractivity contribution is 6.02. The van der Waals surface area contributed by atoms with E-state index in [1.54, 1.807) is 0 Å². The first-order chi connectivity index (χ1) is 14.2. The molecular formula is C25H21N3O. The van der Waals surface area contributed by atoms with Gasteiger partial charge in [0, 0.05) is 17.0 Å². The minimum Gasteiger partial charge on any atom is -0.293 e. The number of ketones is 1. The summed E-state index contributed by atoms with van der Waals surface area (Å²) in [5.74, 6) is -0.173. The van der Waals surface area contributed by atoms with Crippen LogP contribution in [0.5, 0.6) is 0 Å². The summed E-state index contributed by atoms with van der Waals surface area (Å²) in [7, 11) is 0. The molecule has 4 heteroatoms. The number of nitrogens with zero attached hydrogens (tertiary/aromatic N) is 2. The average molecular weight is 379 g/mol. The fraction of sp³-hybridized carbons (Fsp3) is 0.240. The number of aromatic nitrogens is 2. The van der Waals surface area contributed by atoms with Gasteiger partial charge in [0.2, 0.25) is 0 Å². The molecule has 1 N–H and O–H groups in total. The van der Waals surface area contributed by atoms with Crippen LogP contribution in [-0.4, -0.2) is 16.0 Å². The third-order valence-electron chi connectivity index (χ3n) is 6.64. The normalized spacial score (nSPS) is 25.5. The molecule has 0 radical (unpaired) electrons. The van der Waals surface area contributed by atoms with E-state index >= 15 is 0 Å². The number of carbonyl (C=O) groups is 1. The summed E-state index contributed by atoms with van der Waals surface area (Å²) in [6.07, 6.45) is 3.65. The van der Waals surface area contributed by atoms with Crippen LogP contribution in [-0.2, 0) is 16.6 Å². The highest BCUT2D eigenvalue weighted by Gasteiger charge is 2.53. The minimum atomic E-state index is -0.548. The maximum absolute atomic E-state index is 12.8. The first kappa shape index (κ1) is 17.6. The SMILES string of the molecule is C[C@@H]1C(=O)C(C#N)=C[C@@]2(c3ccccc3)c3[nH]nc(-c4ccccc4)c3CC[C@@H]12. The van der Waals surface area contributed by atoms with Crippen molar-refractivity contribution >= 4 is 5.78 Å². The number of allylic oxidation sites excluding steroid dienone is 2. The summed E-state index contributed by atoms with van der Waals surface area (Å²) in [5, 5.41) is 17.7. The number of nitriles is 1. The van der Waals surface area contributed by atoms with Crippen LogP contribution in [0.15, 0.2) is 72.3 Å². The van der Waals surface area contributed by atoms with Gasteiger partial charge in [-0.15, -0.1) is 0 Å². The number of hydrogen-bond donors (Lipinski definition) is 1. The highest BCUT2D eigenvalue weighted by atomic mass is 16.1. The van der Waals surface area contributed by atoms with Gasteiger partial charge in [0.25, 0.3) is 0 Å². The molecule has 142 valence electrons. The molecule has 0 unspecified atom stereocenters. The Kier molecular flexibility index (Phi) is 3.99. The van der Waals surface area contributed by atoms with Gasteiger partial charge in [-0.1, -0.05) is 67.6 Å². The molecule has 0 fully saturated rings. The summed E-state index contributed by atoms with van der Waals surface area (Å²) in [4.78, 5) is 12.8. The van der Waals surface area contributed by atoms with Crippen LogP contribution in [0.4, 0.5) is 0 Å². The van der Waals surface area contributed by atoms with Gasteiger partial charge in [-0.3, -0.25) is 9.89 Å². The zero-order valence-corrected chi connectivity index (χ0v) is 16.2. The Morgan fingerprint density at radius 3 is 2.48 bits per heavy atom. The quantitative estimate of drug-likeness (QED) is 0.708. The molecule has 2 aliphatic carbocycles. The Hall–Kier alpha value is -3.45. The number of H-pyrrole nitrogens is 1. The monoisotopic (exact) mass is 379 g/mol. The van der Waals surface area contributed by atoms with E-state index < -0.39 is 5.41 Å². The molecule has 1 heterocycles. The molecule has 0 aliphatic heterocycles. The lowest BCUT2D eigenvalue weighted by molar-refractivity contribution is -0.121.